The molecule has 0 heterocycles. The SMILES string of the molecule is Br.CCCCCCCCCCCCCCCc1cc(Oc2ccccc2)ccc1Br. The Bertz CT molecular complexity index is 657. The molecule has 30 heavy (non-hydrogen) atoms. The summed E-state index contributed by atoms with van der Waals surface area (Å²) in [5, 5.41) is 0. The molecule has 1 nitrogen and oxygen atoms in total. The van der Waals surface area contributed by atoms with E-state index >= 15 is 0 Å². The van der Waals surface area contributed by atoms with Gasteiger partial charge in [-0.3, -0.25) is 0 Å². The topological polar surface area (TPSA) is 9.23 Å². The van der Waals surface area contributed by atoms with Gasteiger partial charge in [0.2, 0.25) is 0 Å². The molecular formula is C27H40Br2O. The van der Waals surface area contributed by atoms with Gasteiger partial charge < -0.3 is 4.74 Å². The molecule has 0 fully saturated rings. The summed E-state index contributed by atoms with van der Waals surface area (Å²) >= 11 is 3.70. The molecule has 3 heteroatoms. The summed E-state index contributed by atoms with van der Waals surface area (Å²) in [5.41, 5.74) is 1.35. The Morgan fingerprint density at radius 1 is 0.633 bits per heavy atom. The highest BCUT2D eigenvalue weighted by molar-refractivity contribution is 9.10. The lowest BCUT2D eigenvalue weighted by Crippen LogP contribution is -1.91. The van der Waals surface area contributed by atoms with Crippen molar-refractivity contribution in [2.75, 3.05) is 0 Å². The molecule has 0 aromatic heterocycles. The minimum Gasteiger partial charge on any atom is -0.457 e. The van der Waals surface area contributed by atoms with Crippen molar-refractivity contribution in [1.82, 2.24) is 0 Å². The van der Waals surface area contributed by atoms with Gasteiger partial charge in [0, 0.05) is 4.47 Å². The molecule has 0 aliphatic rings. The maximum absolute atomic E-state index is 5.97. The second kappa shape index (κ2) is 17.8. The summed E-state index contributed by atoms with van der Waals surface area (Å²) in [5.74, 6) is 1.81. The second-order valence-corrected chi connectivity index (χ2v) is 9.02. The molecule has 2 aromatic rings. The fourth-order valence-corrected chi connectivity index (χ4v) is 4.21. The Labute approximate surface area is 203 Å². The molecule has 0 spiro atoms. The van der Waals surface area contributed by atoms with Crippen LogP contribution in [0.5, 0.6) is 11.5 Å². The fourth-order valence-electron chi connectivity index (χ4n) is 3.76. The van der Waals surface area contributed by atoms with E-state index in [1.54, 1.807) is 0 Å². The van der Waals surface area contributed by atoms with Crippen LogP contribution in [-0.2, 0) is 6.42 Å². The predicted octanol–water partition coefficient (Wildman–Crippen LogP) is 10.5. The Hall–Kier alpha value is -0.800. The minimum absolute atomic E-state index is 0. The zero-order valence-electron chi connectivity index (χ0n) is 18.7. The van der Waals surface area contributed by atoms with Gasteiger partial charge in [0.1, 0.15) is 11.5 Å². The van der Waals surface area contributed by atoms with E-state index in [2.05, 4.69) is 35.0 Å². The van der Waals surface area contributed by atoms with Crippen molar-refractivity contribution >= 4 is 32.9 Å². The van der Waals surface area contributed by atoms with Crippen molar-refractivity contribution in [3.05, 3.63) is 58.6 Å². The van der Waals surface area contributed by atoms with Gasteiger partial charge in [-0.25, -0.2) is 0 Å². The molecule has 0 unspecified atom stereocenters. The Morgan fingerprint density at radius 2 is 1.17 bits per heavy atom. The number of ether oxygens (including phenoxy) is 1. The van der Waals surface area contributed by atoms with Crippen molar-refractivity contribution < 1.29 is 4.74 Å². The van der Waals surface area contributed by atoms with Crippen LogP contribution in [0.25, 0.3) is 0 Å². The smallest absolute Gasteiger partial charge is 0.127 e. The van der Waals surface area contributed by atoms with Crippen molar-refractivity contribution in [1.29, 1.82) is 0 Å². The van der Waals surface area contributed by atoms with Crippen molar-refractivity contribution in [3.63, 3.8) is 0 Å². The summed E-state index contributed by atoms with van der Waals surface area (Å²) < 4.78 is 7.16. The second-order valence-electron chi connectivity index (χ2n) is 8.16. The first-order chi connectivity index (χ1) is 14.3. The van der Waals surface area contributed by atoms with Crippen molar-refractivity contribution in [3.8, 4) is 11.5 Å². The number of benzene rings is 2. The zero-order chi connectivity index (χ0) is 20.6. The largest absolute Gasteiger partial charge is 0.457 e. The van der Waals surface area contributed by atoms with Gasteiger partial charge >= 0.3 is 0 Å². The molecule has 0 N–H and O–H groups in total. The monoisotopic (exact) mass is 538 g/mol. The van der Waals surface area contributed by atoms with E-state index in [4.69, 9.17) is 4.74 Å². The summed E-state index contributed by atoms with van der Waals surface area (Å²) in [6, 6.07) is 16.3. The Balaban J connectivity index is 0.00000450. The summed E-state index contributed by atoms with van der Waals surface area (Å²) in [7, 11) is 0. The minimum atomic E-state index is 0. The van der Waals surface area contributed by atoms with Crippen LogP contribution in [0.15, 0.2) is 53.0 Å². The molecule has 2 rings (SSSR count). The van der Waals surface area contributed by atoms with E-state index in [0.717, 1.165) is 17.9 Å². The van der Waals surface area contributed by atoms with Crippen LogP contribution in [0.2, 0.25) is 0 Å². The molecule has 0 bridgehead atoms. The molecule has 0 amide bonds. The molecule has 0 saturated carbocycles. The van der Waals surface area contributed by atoms with E-state index in [-0.39, 0.29) is 17.0 Å². The fraction of sp³-hybridized carbons (Fsp3) is 0.556. The third-order valence-electron chi connectivity index (χ3n) is 5.55. The Kier molecular flexibility index (Phi) is 16.2. The van der Waals surface area contributed by atoms with Crippen LogP contribution in [0, 0.1) is 0 Å². The summed E-state index contributed by atoms with van der Waals surface area (Å²) in [6.07, 6.45) is 19.3. The molecule has 168 valence electrons. The van der Waals surface area contributed by atoms with Gasteiger partial charge in [-0.15, -0.1) is 17.0 Å². The average molecular weight is 540 g/mol. The highest BCUT2D eigenvalue weighted by Crippen LogP contribution is 2.28. The first-order valence-corrected chi connectivity index (χ1v) is 12.6. The standard InChI is InChI=1S/C27H39BrO.BrH/c1-2-3-4-5-6-7-8-9-10-11-12-13-15-18-24-23-26(21-22-27(24)28)29-25-19-16-14-17-20-25;/h14,16-17,19-23H,2-13,15,18H2,1H3;1H. The van der Waals surface area contributed by atoms with Crippen LogP contribution in [0.3, 0.4) is 0 Å². The number of halogens is 2. The predicted molar refractivity (Wildman–Crippen MR) is 140 cm³/mol. The lowest BCUT2D eigenvalue weighted by Gasteiger charge is -2.10. The van der Waals surface area contributed by atoms with Crippen LogP contribution in [0.4, 0.5) is 0 Å². The highest BCUT2D eigenvalue weighted by Gasteiger charge is 2.04. The zero-order valence-corrected chi connectivity index (χ0v) is 22.0. The number of para-hydroxylation sites is 1. The van der Waals surface area contributed by atoms with Gasteiger partial charge in [0.15, 0.2) is 0 Å². The third-order valence-corrected chi connectivity index (χ3v) is 6.32. The molecule has 0 aliphatic carbocycles. The Morgan fingerprint density at radius 3 is 1.73 bits per heavy atom. The summed E-state index contributed by atoms with van der Waals surface area (Å²) in [6.45, 7) is 2.29. The van der Waals surface area contributed by atoms with Gasteiger partial charge in [-0.2, -0.15) is 0 Å². The normalized spacial score (nSPS) is 10.6. The van der Waals surface area contributed by atoms with Crippen LogP contribution in [-0.4, -0.2) is 0 Å². The number of rotatable bonds is 16. The lowest BCUT2D eigenvalue weighted by atomic mass is 10.0. The first kappa shape index (κ1) is 27.2. The first-order valence-electron chi connectivity index (χ1n) is 11.8. The van der Waals surface area contributed by atoms with E-state index in [9.17, 15) is 0 Å². The van der Waals surface area contributed by atoms with Crippen LogP contribution >= 0.6 is 32.9 Å². The van der Waals surface area contributed by atoms with Gasteiger partial charge in [0.25, 0.3) is 0 Å². The summed E-state index contributed by atoms with van der Waals surface area (Å²) in [4.78, 5) is 0. The average Bonchev–Trinajstić information content (AvgIpc) is 2.74. The number of unbranched alkanes of at least 4 members (excludes halogenated alkanes) is 12. The van der Waals surface area contributed by atoms with Crippen LogP contribution in [0.1, 0.15) is 96.0 Å². The van der Waals surface area contributed by atoms with Gasteiger partial charge in [0.05, 0.1) is 0 Å². The van der Waals surface area contributed by atoms with E-state index in [0.29, 0.717) is 0 Å². The van der Waals surface area contributed by atoms with E-state index in [1.165, 1.54) is 93.5 Å². The molecule has 2 aromatic carbocycles. The van der Waals surface area contributed by atoms with E-state index in [1.807, 2.05) is 36.4 Å². The number of hydrogen-bond donors (Lipinski definition) is 0. The number of hydrogen-bond acceptors (Lipinski definition) is 1. The van der Waals surface area contributed by atoms with E-state index < -0.39 is 0 Å². The lowest BCUT2D eigenvalue weighted by molar-refractivity contribution is 0.481. The maximum Gasteiger partial charge on any atom is 0.127 e. The van der Waals surface area contributed by atoms with Gasteiger partial charge in [-0.05, 0) is 48.7 Å². The molecule has 0 atom stereocenters. The molecule has 0 saturated heterocycles. The molecule has 0 aliphatic heterocycles. The quantitative estimate of drug-likeness (QED) is 0.193. The van der Waals surface area contributed by atoms with Crippen molar-refractivity contribution in [2.24, 2.45) is 0 Å². The van der Waals surface area contributed by atoms with Crippen molar-refractivity contribution in [2.45, 2.75) is 96.8 Å². The number of aryl methyl sites for hydroxylation is 1. The maximum atomic E-state index is 5.97. The highest BCUT2D eigenvalue weighted by atomic mass is 79.9. The molecule has 0 radical (unpaired) electrons. The molecular weight excluding hydrogens is 500 g/mol. The van der Waals surface area contributed by atoms with Crippen LogP contribution < -0.4 is 4.74 Å². The third kappa shape index (κ3) is 12.2. The van der Waals surface area contributed by atoms with Gasteiger partial charge in [-0.1, -0.05) is 118 Å².